The highest BCUT2D eigenvalue weighted by Crippen LogP contribution is 2.41. The van der Waals surface area contributed by atoms with E-state index in [0.717, 1.165) is 44.4 Å². The molecule has 0 aliphatic carbocycles. The second-order valence-electron chi connectivity index (χ2n) is 18.3. The van der Waals surface area contributed by atoms with Gasteiger partial charge in [0.2, 0.25) is 21.8 Å². The fraction of sp³-hybridized carbons (Fsp3) is 0.522. The van der Waals surface area contributed by atoms with Crippen LogP contribution in [0.1, 0.15) is 76.3 Å². The van der Waals surface area contributed by atoms with Crippen molar-refractivity contribution in [1.82, 2.24) is 39.5 Å². The van der Waals surface area contributed by atoms with Crippen LogP contribution in [-0.2, 0) is 58.6 Å². The Morgan fingerprint density at radius 1 is 1.16 bits per heavy atom. The quantitative estimate of drug-likeness (QED) is 0.204. The highest BCUT2D eigenvalue weighted by atomic mass is 32.2. The normalized spacial score (nSPS) is 21.9. The number of ether oxygens (including phenoxy) is 2. The second kappa shape index (κ2) is 18.8. The van der Waals surface area contributed by atoms with E-state index in [4.69, 9.17) is 19.4 Å². The van der Waals surface area contributed by atoms with Crippen molar-refractivity contribution in [1.29, 1.82) is 0 Å². The number of carbonyl (C=O) groups is 4. The molecule has 2 N–H and O–H groups in total. The number of hydrogen-bond donors (Lipinski definition) is 2. The number of nitrogens with one attached hydrogen (secondary N) is 2. The Balaban J connectivity index is 1.25. The lowest BCUT2D eigenvalue weighted by atomic mass is 9.84. The summed E-state index contributed by atoms with van der Waals surface area (Å²) in [6.07, 6.45) is 3.37. The van der Waals surface area contributed by atoms with Crippen molar-refractivity contribution in [2.45, 2.75) is 91.0 Å². The summed E-state index contributed by atoms with van der Waals surface area (Å²) in [7, 11) is 1.54. The van der Waals surface area contributed by atoms with Crippen LogP contribution in [0.15, 0.2) is 53.9 Å². The monoisotopic (exact) mass is 916 g/mol. The molecule has 1 aromatic carbocycles. The number of hydrogen-bond acceptors (Lipinski definition) is 12. The third kappa shape index (κ3) is 9.52. The van der Waals surface area contributed by atoms with Crippen LogP contribution in [0.2, 0.25) is 0 Å². The lowest BCUT2D eigenvalue weighted by Gasteiger charge is -2.36. The molecule has 344 valence electrons. The molecule has 0 spiro atoms. The first-order valence-electron chi connectivity index (χ1n) is 21.8. The van der Waals surface area contributed by atoms with Crippen LogP contribution in [-0.4, -0.2) is 119 Å². The van der Waals surface area contributed by atoms with Gasteiger partial charge >= 0.3 is 5.97 Å². The molecule has 5 atom stereocenters. The lowest BCUT2D eigenvalue weighted by molar-refractivity contribution is -0.155. The van der Waals surface area contributed by atoms with Crippen molar-refractivity contribution in [2.24, 2.45) is 24.3 Å². The van der Waals surface area contributed by atoms with E-state index in [1.807, 2.05) is 45.3 Å². The summed E-state index contributed by atoms with van der Waals surface area (Å²) in [5.41, 5.74) is 8.99. The molecule has 16 nitrogen and oxygen atoms in total. The SMILES string of the molecule is C=CS(=O)(=O)N1CC[C@H](C(=O)N(C)[C@H](C(=O)N[C@H]2Cc3nc(cs3)-c3ccc4c(c3)c(c(-c3cccnc3[C@H](C)OC)n4C)CC(C)(C)COC(=O)[C@@H]3CCCN(N3)C2=O)C(C)C)C1. The molecule has 18 heteroatoms. The Morgan fingerprint density at radius 3 is 2.64 bits per heavy atom. The van der Waals surface area contributed by atoms with Crippen LogP contribution >= 0.6 is 11.3 Å². The Morgan fingerprint density at radius 2 is 1.92 bits per heavy atom. The van der Waals surface area contributed by atoms with Gasteiger partial charge in [-0.1, -0.05) is 40.3 Å². The molecule has 0 unspecified atom stereocenters. The number of carbonyl (C=O) groups excluding carboxylic acids is 4. The van der Waals surface area contributed by atoms with E-state index < -0.39 is 57.3 Å². The summed E-state index contributed by atoms with van der Waals surface area (Å²) in [5, 5.41) is 8.80. The molecule has 2 fully saturated rings. The third-order valence-corrected chi connectivity index (χ3v) is 15.1. The van der Waals surface area contributed by atoms with Gasteiger partial charge in [-0.15, -0.1) is 11.3 Å². The molecule has 4 aromatic rings. The van der Waals surface area contributed by atoms with Gasteiger partial charge in [0.25, 0.3) is 5.91 Å². The molecule has 0 radical (unpaired) electrons. The van der Waals surface area contributed by atoms with Crippen molar-refractivity contribution in [2.75, 3.05) is 40.4 Å². The van der Waals surface area contributed by atoms with Crippen LogP contribution in [0.5, 0.6) is 0 Å². The minimum Gasteiger partial charge on any atom is -0.464 e. The summed E-state index contributed by atoms with van der Waals surface area (Å²) < 4.78 is 40.2. The summed E-state index contributed by atoms with van der Waals surface area (Å²) in [6, 6.07) is 7.32. The van der Waals surface area contributed by atoms with Crippen LogP contribution in [0.3, 0.4) is 0 Å². The molecule has 0 saturated carbocycles. The first-order valence-corrected chi connectivity index (χ1v) is 24.2. The Kier molecular flexibility index (Phi) is 13.8. The van der Waals surface area contributed by atoms with Gasteiger partial charge in [0.1, 0.15) is 18.1 Å². The number of likely N-dealkylation sites (N-methyl/N-ethyl adjacent to an activating group) is 1. The van der Waals surface area contributed by atoms with Gasteiger partial charge in [0, 0.05) is 91.7 Å². The van der Waals surface area contributed by atoms with Gasteiger partial charge < -0.3 is 24.3 Å². The minimum atomic E-state index is -3.71. The lowest BCUT2D eigenvalue weighted by Crippen LogP contribution is -2.62. The van der Waals surface area contributed by atoms with E-state index >= 15 is 0 Å². The molecule has 3 amide bonds. The molecule has 7 rings (SSSR count). The molecule has 2 saturated heterocycles. The summed E-state index contributed by atoms with van der Waals surface area (Å²) in [4.78, 5) is 67.8. The van der Waals surface area contributed by atoms with Gasteiger partial charge in [0.05, 0.1) is 40.7 Å². The Labute approximate surface area is 379 Å². The number of sulfonamides is 1. The number of aryl methyl sites for hydroxylation is 1. The zero-order valence-corrected chi connectivity index (χ0v) is 39.6. The predicted octanol–water partition coefficient (Wildman–Crippen LogP) is 5.00. The Bertz CT molecular complexity index is 2550. The highest BCUT2D eigenvalue weighted by molar-refractivity contribution is 7.92. The maximum atomic E-state index is 14.6. The van der Waals surface area contributed by atoms with Crippen molar-refractivity contribution in [3.63, 3.8) is 0 Å². The van der Waals surface area contributed by atoms with Gasteiger partial charge in [-0.2, -0.15) is 4.31 Å². The number of thiazole rings is 1. The van der Waals surface area contributed by atoms with Crippen molar-refractivity contribution in [3.05, 3.63) is 70.2 Å². The fourth-order valence-corrected chi connectivity index (χ4v) is 11.1. The topological polar surface area (TPSA) is 185 Å². The average Bonchev–Trinajstić information content (AvgIpc) is 4.03. The number of pyridine rings is 1. The van der Waals surface area contributed by atoms with E-state index in [0.29, 0.717) is 42.9 Å². The van der Waals surface area contributed by atoms with Crippen LogP contribution in [0.4, 0.5) is 0 Å². The number of aromatic nitrogens is 3. The number of cyclic esters (lactones) is 1. The van der Waals surface area contributed by atoms with E-state index in [1.165, 1.54) is 32.6 Å². The number of nitrogens with zero attached hydrogens (tertiary/aromatic N) is 6. The van der Waals surface area contributed by atoms with Gasteiger partial charge in [0.15, 0.2) is 0 Å². The van der Waals surface area contributed by atoms with Crippen molar-refractivity contribution in [3.8, 4) is 22.5 Å². The number of esters is 1. The predicted molar refractivity (Wildman–Crippen MR) is 245 cm³/mol. The molecule has 3 aliphatic rings. The second-order valence-corrected chi connectivity index (χ2v) is 21.1. The molecule has 3 aliphatic heterocycles. The van der Waals surface area contributed by atoms with Gasteiger partial charge in [-0.3, -0.25) is 29.2 Å². The number of amides is 3. The number of fused-ring (bicyclic) bond motifs is 6. The molecule has 64 heavy (non-hydrogen) atoms. The molecule has 3 aromatic heterocycles. The van der Waals surface area contributed by atoms with E-state index in [9.17, 15) is 27.6 Å². The molecule has 6 heterocycles. The first-order chi connectivity index (χ1) is 30.3. The summed E-state index contributed by atoms with van der Waals surface area (Å²) >= 11 is 1.38. The summed E-state index contributed by atoms with van der Waals surface area (Å²) in [5.74, 6) is -2.86. The van der Waals surface area contributed by atoms with E-state index in [1.54, 1.807) is 13.3 Å². The third-order valence-electron chi connectivity index (χ3n) is 12.7. The molecule has 6 bridgehead atoms. The van der Waals surface area contributed by atoms with Gasteiger partial charge in [-0.25, -0.2) is 18.8 Å². The standard InChI is InChI=1S/C46H60N8O8S2/c1-10-64(59,60)53-20-17-30(24-53)43(56)52(8)40(27(2)3)42(55)49-35-22-38-48-36(25-63-38)29-15-16-37-32(21-29)33(41(51(37)7)31-13-11-18-47-39(31)28(4)61-9)23-46(5,6)26-62-45(58)34-14-12-19-54(50-34)44(35)57/h10-11,13,15-16,18,21,25,27-28,30,34-35,40,50H,1,12,14,17,19-20,22-24,26H2,2-9H3,(H,49,55)/t28-,30-,34-,35-,40-/m0/s1. The maximum absolute atomic E-state index is 14.6. The average molecular weight is 917 g/mol. The van der Waals surface area contributed by atoms with Crippen molar-refractivity contribution >= 4 is 56.0 Å². The zero-order valence-electron chi connectivity index (χ0n) is 37.9. The van der Waals surface area contributed by atoms with E-state index in [2.05, 4.69) is 53.9 Å². The minimum absolute atomic E-state index is 0.0159. The van der Waals surface area contributed by atoms with Crippen LogP contribution < -0.4 is 10.7 Å². The number of benzene rings is 1. The van der Waals surface area contributed by atoms with Crippen LogP contribution in [0.25, 0.3) is 33.4 Å². The smallest absolute Gasteiger partial charge is 0.324 e. The highest BCUT2D eigenvalue weighted by Gasteiger charge is 2.41. The number of methoxy groups -OCH3 is 1. The molecular weight excluding hydrogens is 857 g/mol. The summed E-state index contributed by atoms with van der Waals surface area (Å²) in [6.45, 7) is 13.7. The largest absolute Gasteiger partial charge is 0.464 e. The molecular formula is C46H60N8O8S2. The Hall–Kier alpha value is -5.01. The maximum Gasteiger partial charge on any atom is 0.324 e. The number of hydrazine groups is 1. The van der Waals surface area contributed by atoms with E-state index in [-0.39, 0.29) is 44.0 Å². The fourth-order valence-electron chi connectivity index (χ4n) is 9.24. The van der Waals surface area contributed by atoms with Crippen molar-refractivity contribution < 1.29 is 37.1 Å². The number of rotatable bonds is 10. The van der Waals surface area contributed by atoms with Crippen LogP contribution in [0, 0.1) is 17.3 Å². The first kappa shape index (κ1) is 47.0. The zero-order chi connectivity index (χ0) is 46.2. The van der Waals surface area contributed by atoms with Gasteiger partial charge in [-0.05, 0) is 68.4 Å².